The highest BCUT2D eigenvalue weighted by molar-refractivity contribution is 7.21. The summed E-state index contributed by atoms with van der Waals surface area (Å²) in [6.45, 7) is 3.56. The number of aliphatic carboxylic acids is 1. The summed E-state index contributed by atoms with van der Waals surface area (Å²) < 4.78 is 2.39. The molecule has 0 fully saturated rings. The van der Waals surface area contributed by atoms with Gasteiger partial charge in [0.25, 0.3) is 5.91 Å². The van der Waals surface area contributed by atoms with Gasteiger partial charge in [0.2, 0.25) is 0 Å². The number of aromatic nitrogens is 3. The molecule has 0 aliphatic carbocycles. The summed E-state index contributed by atoms with van der Waals surface area (Å²) in [6, 6.07) is 12.8. The highest BCUT2D eigenvalue weighted by atomic mass is 32.1. The Morgan fingerprint density at radius 3 is 2.66 bits per heavy atom. The van der Waals surface area contributed by atoms with Crippen LogP contribution < -0.4 is 5.32 Å². The van der Waals surface area contributed by atoms with Crippen molar-refractivity contribution in [3.05, 3.63) is 66.0 Å². The molecule has 0 saturated carbocycles. The first-order valence-corrected chi connectivity index (χ1v) is 9.78. The Kier molecular flexibility index (Phi) is 4.85. The van der Waals surface area contributed by atoms with E-state index in [1.165, 1.54) is 29.6 Å². The fraction of sp³-hybridized carbons (Fsp3) is 0.143. The van der Waals surface area contributed by atoms with Gasteiger partial charge in [-0.25, -0.2) is 9.78 Å². The zero-order valence-corrected chi connectivity index (χ0v) is 16.6. The van der Waals surface area contributed by atoms with Gasteiger partial charge in [0.05, 0.1) is 22.0 Å². The molecule has 4 aromatic rings. The molecule has 0 radical (unpaired) electrons. The van der Waals surface area contributed by atoms with E-state index in [9.17, 15) is 9.59 Å². The Balaban J connectivity index is 1.49. The molecular weight excluding hydrogens is 388 g/mol. The van der Waals surface area contributed by atoms with Crippen LogP contribution in [0.1, 0.15) is 28.9 Å². The quantitative estimate of drug-likeness (QED) is 0.513. The van der Waals surface area contributed by atoms with Gasteiger partial charge >= 0.3 is 5.97 Å². The molecule has 29 heavy (non-hydrogen) atoms. The average Bonchev–Trinajstić information content (AvgIpc) is 3.35. The third kappa shape index (κ3) is 3.88. The number of benzene rings is 2. The molecule has 1 atom stereocenters. The molecule has 7 nitrogen and oxygen atoms in total. The second kappa shape index (κ2) is 7.48. The van der Waals surface area contributed by atoms with Crippen LogP contribution in [-0.4, -0.2) is 31.7 Å². The average molecular weight is 406 g/mol. The minimum absolute atomic E-state index is 0.295. The maximum atomic E-state index is 12.4. The molecule has 0 bridgehead atoms. The van der Waals surface area contributed by atoms with Crippen LogP contribution in [0.15, 0.2) is 54.9 Å². The first-order chi connectivity index (χ1) is 13.9. The van der Waals surface area contributed by atoms with Gasteiger partial charge in [-0.1, -0.05) is 6.07 Å². The van der Waals surface area contributed by atoms with Crippen molar-refractivity contribution in [3.8, 4) is 10.6 Å². The normalized spacial score (nSPS) is 12.1. The third-order valence-corrected chi connectivity index (χ3v) is 5.62. The van der Waals surface area contributed by atoms with Crippen molar-refractivity contribution < 1.29 is 14.7 Å². The number of amides is 1. The van der Waals surface area contributed by atoms with Crippen LogP contribution in [0.2, 0.25) is 0 Å². The Hall–Kier alpha value is -3.52. The van der Waals surface area contributed by atoms with Crippen LogP contribution in [-0.2, 0) is 4.79 Å². The maximum absolute atomic E-state index is 12.4. The van der Waals surface area contributed by atoms with Crippen molar-refractivity contribution >= 4 is 39.1 Å². The third-order valence-electron chi connectivity index (χ3n) is 4.55. The number of carboxylic acids is 1. The van der Waals surface area contributed by atoms with Crippen LogP contribution in [0.25, 0.3) is 20.8 Å². The van der Waals surface area contributed by atoms with Crippen molar-refractivity contribution in [1.29, 1.82) is 0 Å². The molecule has 8 heteroatoms. The predicted molar refractivity (Wildman–Crippen MR) is 112 cm³/mol. The molecule has 0 spiro atoms. The van der Waals surface area contributed by atoms with Gasteiger partial charge in [-0.05, 0) is 55.8 Å². The van der Waals surface area contributed by atoms with Crippen molar-refractivity contribution in [2.45, 2.75) is 19.9 Å². The summed E-state index contributed by atoms with van der Waals surface area (Å²) in [5.74, 6) is -1.36. The Bertz CT molecular complexity index is 1210. The predicted octanol–water partition coefficient (Wildman–Crippen LogP) is 4.37. The summed E-state index contributed by atoms with van der Waals surface area (Å²) in [5, 5.41) is 16.7. The van der Waals surface area contributed by atoms with E-state index in [1.54, 1.807) is 11.3 Å². The summed E-state index contributed by atoms with van der Waals surface area (Å²) in [4.78, 5) is 28.1. The van der Waals surface area contributed by atoms with Crippen molar-refractivity contribution in [2.75, 3.05) is 5.32 Å². The fourth-order valence-corrected chi connectivity index (χ4v) is 3.90. The molecule has 4 rings (SSSR count). The molecule has 0 aliphatic rings. The molecule has 0 saturated heterocycles. The Morgan fingerprint density at radius 2 is 1.93 bits per heavy atom. The Labute approximate surface area is 170 Å². The monoisotopic (exact) mass is 406 g/mol. The first kappa shape index (κ1) is 18.8. The minimum atomic E-state index is -1.01. The highest BCUT2D eigenvalue weighted by Crippen LogP contribution is 2.31. The number of hydrogen-bond donors (Lipinski definition) is 2. The number of carbonyl (C=O) groups excluding carboxylic acids is 1. The molecule has 1 amide bonds. The van der Waals surface area contributed by atoms with Crippen LogP contribution in [0, 0.1) is 6.92 Å². The Morgan fingerprint density at radius 1 is 1.17 bits per heavy atom. The largest absolute Gasteiger partial charge is 0.480 e. The van der Waals surface area contributed by atoms with Gasteiger partial charge in [0, 0.05) is 17.4 Å². The van der Waals surface area contributed by atoms with E-state index in [0.29, 0.717) is 11.3 Å². The smallest absolute Gasteiger partial charge is 0.328 e. The summed E-state index contributed by atoms with van der Waals surface area (Å²) in [5.41, 5.74) is 4.08. The molecule has 2 N–H and O–H groups in total. The first-order valence-electron chi connectivity index (χ1n) is 8.96. The van der Waals surface area contributed by atoms with Gasteiger partial charge in [0.1, 0.15) is 11.0 Å². The highest BCUT2D eigenvalue weighted by Gasteiger charge is 2.17. The molecule has 2 aromatic carbocycles. The number of rotatable bonds is 5. The van der Waals surface area contributed by atoms with E-state index in [1.807, 2.05) is 36.4 Å². The topological polar surface area (TPSA) is 97.1 Å². The van der Waals surface area contributed by atoms with Gasteiger partial charge < -0.3 is 10.4 Å². The summed E-state index contributed by atoms with van der Waals surface area (Å²) >= 11 is 1.63. The number of nitrogens with one attached hydrogen (secondary N) is 1. The van der Waals surface area contributed by atoms with Crippen LogP contribution in [0.3, 0.4) is 0 Å². The number of nitrogens with zero attached hydrogens (tertiary/aromatic N) is 3. The van der Waals surface area contributed by atoms with Gasteiger partial charge in [-0.15, -0.1) is 11.3 Å². The van der Waals surface area contributed by atoms with Crippen molar-refractivity contribution in [2.24, 2.45) is 0 Å². The molecule has 146 valence electrons. The van der Waals surface area contributed by atoms with Gasteiger partial charge in [-0.2, -0.15) is 5.10 Å². The number of carboxylic acid groups (broad SMARTS) is 1. The van der Waals surface area contributed by atoms with E-state index in [-0.39, 0.29) is 5.91 Å². The van der Waals surface area contributed by atoms with E-state index in [2.05, 4.69) is 28.4 Å². The lowest BCUT2D eigenvalue weighted by Crippen LogP contribution is -2.16. The van der Waals surface area contributed by atoms with Crippen LogP contribution in [0.4, 0.5) is 5.69 Å². The number of fused-ring (bicyclic) bond motifs is 1. The number of hydrogen-bond acceptors (Lipinski definition) is 5. The fourth-order valence-electron chi connectivity index (χ4n) is 2.83. The minimum Gasteiger partial charge on any atom is -0.480 e. The molecular formula is C21H18N4O3S. The lowest BCUT2D eigenvalue weighted by Gasteiger charge is -2.06. The second-order valence-corrected chi connectivity index (χ2v) is 7.78. The molecule has 1 unspecified atom stereocenters. The standard InChI is InChI=1S/C21H18N4O3S/c1-12-3-8-17-18(9-12)29-20(24-17)14-4-6-16(7-5-14)23-19(26)15-10-22-25(11-15)13(2)21(27)28/h3-11,13H,1-2H3,(H,23,26)(H,27,28). The SMILES string of the molecule is Cc1ccc2nc(-c3ccc(NC(=O)c4cnn(C(C)C(=O)O)c4)cc3)sc2c1. The second-order valence-electron chi connectivity index (χ2n) is 6.74. The number of anilines is 1. The lowest BCUT2D eigenvalue weighted by molar-refractivity contribution is -0.140. The van der Waals surface area contributed by atoms with E-state index in [4.69, 9.17) is 5.11 Å². The zero-order chi connectivity index (χ0) is 20.5. The van der Waals surface area contributed by atoms with Crippen molar-refractivity contribution in [1.82, 2.24) is 14.8 Å². The molecule has 2 heterocycles. The number of thiazole rings is 1. The summed E-state index contributed by atoms with van der Waals surface area (Å²) in [7, 11) is 0. The number of aryl methyl sites for hydroxylation is 1. The number of carbonyl (C=O) groups is 2. The summed E-state index contributed by atoms with van der Waals surface area (Å²) in [6.07, 6.45) is 2.78. The van der Waals surface area contributed by atoms with E-state index < -0.39 is 12.0 Å². The van der Waals surface area contributed by atoms with Gasteiger partial charge in [0.15, 0.2) is 0 Å². The maximum Gasteiger partial charge on any atom is 0.328 e. The van der Waals surface area contributed by atoms with Crippen LogP contribution >= 0.6 is 11.3 Å². The molecule has 0 aliphatic heterocycles. The van der Waals surface area contributed by atoms with E-state index >= 15 is 0 Å². The zero-order valence-electron chi connectivity index (χ0n) is 15.8. The molecule has 2 aromatic heterocycles. The van der Waals surface area contributed by atoms with Crippen molar-refractivity contribution in [3.63, 3.8) is 0 Å². The lowest BCUT2D eigenvalue weighted by atomic mass is 10.2. The van der Waals surface area contributed by atoms with E-state index in [0.717, 1.165) is 20.8 Å². The van der Waals surface area contributed by atoms with Gasteiger partial charge in [-0.3, -0.25) is 9.48 Å². The van der Waals surface area contributed by atoms with Crippen LogP contribution in [0.5, 0.6) is 0 Å².